The van der Waals surface area contributed by atoms with Gasteiger partial charge in [-0.3, -0.25) is 9.63 Å². The topological polar surface area (TPSA) is 29.5 Å². The second-order valence-corrected chi connectivity index (χ2v) is 4.06. The Morgan fingerprint density at radius 2 is 1.64 bits per heavy atom. The third-order valence-corrected chi connectivity index (χ3v) is 3.04. The van der Waals surface area contributed by atoms with Crippen molar-refractivity contribution in [1.82, 2.24) is 5.06 Å². The number of hydroxylamine groups is 2. The molecule has 1 saturated carbocycles. The van der Waals surface area contributed by atoms with Crippen LogP contribution in [0, 0.1) is 5.92 Å². The van der Waals surface area contributed by atoms with Gasteiger partial charge in [-0.1, -0.05) is 32.1 Å². The average Bonchev–Trinajstić information content (AvgIpc) is 2.15. The van der Waals surface area contributed by atoms with Crippen molar-refractivity contribution in [2.75, 3.05) is 14.2 Å². The standard InChI is InChI=1S/C11H21NO2/c1-12(14-2)11(13)10-8-6-4-3-5-7-9-10/h10H,3-9H2,1-2H3. The van der Waals surface area contributed by atoms with Gasteiger partial charge in [0.2, 0.25) is 5.91 Å². The lowest BCUT2D eigenvalue weighted by Crippen LogP contribution is -2.32. The fourth-order valence-corrected chi connectivity index (χ4v) is 2.05. The Hall–Kier alpha value is -0.570. The zero-order valence-corrected chi connectivity index (χ0v) is 9.29. The molecule has 0 spiro atoms. The van der Waals surface area contributed by atoms with Crippen LogP contribution in [0.15, 0.2) is 0 Å². The van der Waals surface area contributed by atoms with Gasteiger partial charge in [0.05, 0.1) is 7.11 Å². The molecule has 0 aromatic carbocycles. The summed E-state index contributed by atoms with van der Waals surface area (Å²) in [6.07, 6.45) is 8.34. The van der Waals surface area contributed by atoms with Gasteiger partial charge in [0.15, 0.2) is 0 Å². The molecule has 0 aliphatic heterocycles. The van der Waals surface area contributed by atoms with Crippen LogP contribution in [0.2, 0.25) is 0 Å². The van der Waals surface area contributed by atoms with Crippen molar-refractivity contribution in [3.05, 3.63) is 0 Å². The fraction of sp³-hybridized carbons (Fsp3) is 0.909. The van der Waals surface area contributed by atoms with Crippen molar-refractivity contribution < 1.29 is 9.63 Å². The van der Waals surface area contributed by atoms with E-state index in [1.807, 2.05) is 0 Å². The Kier molecular flexibility index (Phi) is 4.94. The zero-order chi connectivity index (χ0) is 10.4. The highest BCUT2D eigenvalue weighted by Gasteiger charge is 2.22. The molecule has 0 bridgehead atoms. The Labute approximate surface area is 86.4 Å². The number of rotatable bonds is 2. The minimum atomic E-state index is 0.148. The summed E-state index contributed by atoms with van der Waals surface area (Å²) in [6, 6.07) is 0. The third-order valence-electron chi connectivity index (χ3n) is 3.04. The number of carbonyl (C=O) groups is 1. The summed E-state index contributed by atoms with van der Waals surface area (Å²) in [5.74, 6) is 0.342. The monoisotopic (exact) mass is 199 g/mol. The van der Waals surface area contributed by atoms with Crippen molar-refractivity contribution in [2.24, 2.45) is 5.92 Å². The highest BCUT2D eigenvalue weighted by Crippen LogP contribution is 2.23. The maximum absolute atomic E-state index is 11.8. The lowest BCUT2D eigenvalue weighted by molar-refractivity contribution is -0.174. The van der Waals surface area contributed by atoms with Gasteiger partial charge in [-0.15, -0.1) is 0 Å². The van der Waals surface area contributed by atoms with Crippen LogP contribution in [-0.2, 0) is 9.63 Å². The Morgan fingerprint density at radius 3 is 2.14 bits per heavy atom. The number of hydrogen-bond donors (Lipinski definition) is 0. The third kappa shape index (κ3) is 3.29. The van der Waals surface area contributed by atoms with Gasteiger partial charge in [-0.25, -0.2) is 5.06 Å². The minimum Gasteiger partial charge on any atom is -0.275 e. The fourth-order valence-electron chi connectivity index (χ4n) is 2.05. The lowest BCUT2D eigenvalue weighted by Gasteiger charge is -2.23. The molecule has 1 fully saturated rings. The van der Waals surface area contributed by atoms with Gasteiger partial charge in [-0.2, -0.15) is 0 Å². The molecule has 14 heavy (non-hydrogen) atoms. The van der Waals surface area contributed by atoms with E-state index in [0.717, 1.165) is 12.8 Å². The van der Waals surface area contributed by atoms with Crippen molar-refractivity contribution in [3.63, 3.8) is 0 Å². The molecule has 0 atom stereocenters. The first kappa shape index (κ1) is 11.5. The summed E-state index contributed by atoms with van der Waals surface area (Å²) in [4.78, 5) is 16.7. The molecule has 0 heterocycles. The molecule has 1 rings (SSSR count). The van der Waals surface area contributed by atoms with Crippen LogP contribution in [-0.4, -0.2) is 25.1 Å². The summed E-state index contributed by atoms with van der Waals surface area (Å²) in [5, 5.41) is 1.37. The molecule has 0 radical (unpaired) electrons. The molecule has 3 nitrogen and oxygen atoms in total. The normalized spacial score (nSPS) is 19.9. The molecule has 0 N–H and O–H groups in total. The van der Waals surface area contributed by atoms with Gasteiger partial charge >= 0.3 is 0 Å². The van der Waals surface area contributed by atoms with E-state index in [-0.39, 0.29) is 11.8 Å². The quantitative estimate of drug-likeness (QED) is 0.639. The molecule has 1 aliphatic carbocycles. The minimum absolute atomic E-state index is 0.148. The zero-order valence-electron chi connectivity index (χ0n) is 9.29. The molecule has 0 unspecified atom stereocenters. The predicted molar refractivity (Wildman–Crippen MR) is 55.6 cm³/mol. The number of nitrogens with zero attached hydrogens (tertiary/aromatic N) is 1. The van der Waals surface area contributed by atoms with Gasteiger partial charge in [0, 0.05) is 13.0 Å². The van der Waals surface area contributed by atoms with E-state index in [9.17, 15) is 4.79 Å². The molecule has 0 saturated heterocycles. The summed E-state index contributed by atoms with van der Waals surface area (Å²) >= 11 is 0. The first-order valence-corrected chi connectivity index (χ1v) is 5.57. The van der Waals surface area contributed by atoms with Gasteiger partial charge in [0.25, 0.3) is 0 Å². The Morgan fingerprint density at radius 1 is 1.14 bits per heavy atom. The molecule has 82 valence electrons. The van der Waals surface area contributed by atoms with Crippen molar-refractivity contribution in [3.8, 4) is 0 Å². The molecule has 0 aromatic heterocycles. The number of hydrogen-bond acceptors (Lipinski definition) is 2. The van der Waals surface area contributed by atoms with Crippen molar-refractivity contribution >= 4 is 5.91 Å². The van der Waals surface area contributed by atoms with Gasteiger partial charge in [0.1, 0.15) is 0 Å². The first-order valence-electron chi connectivity index (χ1n) is 5.57. The van der Waals surface area contributed by atoms with E-state index in [1.54, 1.807) is 14.2 Å². The van der Waals surface area contributed by atoms with Crippen molar-refractivity contribution in [1.29, 1.82) is 0 Å². The van der Waals surface area contributed by atoms with E-state index in [0.29, 0.717) is 0 Å². The predicted octanol–water partition coefficient (Wildman–Crippen LogP) is 2.37. The molecule has 3 heteroatoms. The number of carbonyl (C=O) groups excluding carboxylic acids is 1. The van der Waals surface area contributed by atoms with E-state index >= 15 is 0 Å². The smallest absolute Gasteiger partial charge is 0.248 e. The van der Waals surface area contributed by atoms with E-state index < -0.39 is 0 Å². The molecular formula is C11H21NO2. The van der Waals surface area contributed by atoms with Crippen LogP contribution in [0.4, 0.5) is 0 Å². The maximum Gasteiger partial charge on any atom is 0.248 e. The second kappa shape index (κ2) is 6.02. The molecule has 1 aliphatic rings. The number of amides is 1. The van der Waals surface area contributed by atoms with E-state index in [1.165, 1.54) is 37.2 Å². The summed E-state index contributed by atoms with van der Waals surface area (Å²) in [5.41, 5.74) is 0. The Bertz CT molecular complexity index is 174. The van der Waals surface area contributed by atoms with Crippen molar-refractivity contribution in [2.45, 2.75) is 44.9 Å². The maximum atomic E-state index is 11.8. The van der Waals surface area contributed by atoms with E-state index in [4.69, 9.17) is 4.84 Å². The largest absolute Gasteiger partial charge is 0.275 e. The van der Waals surface area contributed by atoms with E-state index in [2.05, 4.69) is 0 Å². The Balaban J connectivity index is 2.42. The summed E-state index contributed by atoms with van der Waals surface area (Å²) < 4.78 is 0. The summed E-state index contributed by atoms with van der Waals surface area (Å²) in [6.45, 7) is 0. The van der Waals surface area contributed by atoms with Gasteiger partial charge in [-0.05, 0) is 12.8 Å². The molecule has 1 amide bonds. The van der Waals surface area contributed by atoms with Crippen LogP contribution in [0.3, 0.4) is 0 Å². The summed E-state index contributed by atoms with van der Waals surface area (Å²) in [7, 11) is 3.24. The van der Waals surface area contributed by atoms with Gasteiger partial charge < -0.3 is 0 Å². The first-order chi connectivity index (χ1) is 6.75. The van der Waals surface area contributed by atoms with Crippen LogP contribution in [0.25, 0.3) is 0 Å². The highest BCUT2D eigenvalue weighted by atomic mass is 16.7. The van der Waals surface area contributed by atoms with Crippen LogP contribution < -0.4 is 0 Å². The average molecular weight is 199 g/mol. The SMILES string of the molecule is CON(C)C(=O)C1CCCCCCC1. The van der Waals surface area contributed by atoms with Crippen LogP contribution >= 0.6 is 0 Å². The molecule has 0 aromatic rings. The lowest BCUT2D eigenvalue weighted by atomic mass is 9.90. The molecular weight excluding hydrogens is 178 g/mol. The van der Waals surface area contributed by atoms with Crippen LogP contribution in [0.5, 0.6) is 0 Å². The second-order valence-electron chi connectivity index (χ2n) is 4.06. The highest BCUT2D eigenvalue weighted by molar-refractivity contribution is 5.77. The van der Waals surface area contributed by atoms with Crippen LogP contribution in [0.1, 0.15) is 44.9 Å².